The predicted octanol–water partition coefficient (Wildman–Crippen LogP) is 0.132. The molecule has 3 heteroatoms. The van der Waals surface area contributed by atoms with E-state index >= 15 is 0 Å². The molecule has 0 aromatic rings. The number of hydrogen-bond donors (Lipinski definition) is 1. The van der Waals surface area contributed by atoms with E-state index in [0.29, 0.717) is 0 Å². The Morgan fingerprint density at radius 3 is 1.10 bits per heavy atom. The second-order valence-corrected chi connectivity index (χ2v) is 1.62. The van der Waals surface area contributed by atoms with E-state index in [1.165, 1.54) is 19.6 Å². The van der Waals surface area contributed by atoms with Crippen LogP contribution in [0.4, 0.5) is 0 Å². The quantitative estimate of drug-likeness (QED) is 0.623. The summed E-state index contributed by atoms with van der Waals surface area (Å²) < 4.78 is 0. The van der Waals surface area contributed by atoms with Gasteiger partial charge in [-0.3, -0.25) is 0 Å². The highest BCUT2D eigenvalue weighted by atomic mass is 16.2. The summed E-state index contributed by atoms with van der Waals surface area (Å²) in [4.78, 5) is 2.38. The van der Waals surface area contributed by atoms with E-state index in [0.717, 1.165) is 7.11 Å². The van der Waals surface area contributed by atoms with E-state index in [9.17, 15) is 0 Å². The fourth-order valence-corrected chi connectivity index (χ4v) is 0.671. The first-order valence-electron chi connectivity index (χ1n) is 3.52. The SMILES string of the molecule is CCN(CC)CC.CO.O. The van der Waals surface area contributed by atoms with Crippen molar-refractivity contribution in [3.05, 3.63) is 0 Å². The topological polar surface area (TPSA) is 55.0 Å². The molecule has 0 radical (unpaired) electrons. The first-order chi connectivity index (χ1) is 4.35. The van der Waals surface area contributed by atoms with Gasteiger partial charge in [0, 0.05) is 7.11 Å². The van der Waals surface area contributed by atoms with Crippen molar-refractivity contribution in [2.75, 3.05) is 26.7 Å². The standard InChI is InChI=1S/C6H15N.CH4O.H2O/c1-4-7(5-2)6-3;1-2;/h4-6H2,1-3H3;2H,1H3;1H2. The van der Waals surface area contributed by atoms with Crippen molar-refractivity contribution in [1.82, 2.24) is 4.90 Å². The van der Waals surface area contributed by atoms with E-state index in [2.05, 4.69) is 25.7 Å². The van der Waals surface area contributed by atoms with Crippen LogP contribution >= 0.6 is 0 Å². The van der Waals surface area contributed by atoms with Crippen LogP contribution in [0, 0.1) is 0 Å². The fraction of sp³-hybridized carbons (Fsp3) is 1.00. The van der Waals surface area contributed by atoms with E-state index in [1.807, 2.05) is 0 Å². The Labute approximate surface area is 64.0 Å². The van der Waals surface area contributed by atoms with Gasteiger partial charge in [0.2, 0.25) is 0 Å². The average molecular weight is 151 g/mol. The zero-order chi connectivity index (χ0) is 7.70. The summed E-state index contributed by atoms with van der Waals surface area (Å²) in [5.74, 6) is 0. The van der Waals surface area contributed by atoms with Gasteiger partial charge < -0.3 is 15.5 Å². The number of rotatable bonds is 3. The molecule has 0 aliphatic carbocycles. The van der Waals surface area contributed by atoms with Crippen molar-refractivity contribution < 1.29 is 10.6 Å². The molecule has 0 rings (SSSR count). The Bertz CT molecular complexity index is 33.1. The first kappa shape index (κ1) is 16.5. The van der Waals surface area contributed by atoms with Crippen LogP contribution in [0.2, 0.25) is 0 Å². The van der Waals surface area contributed by atoms with Crippen molar-refractivity contribution in [2.24, 2.45) is 0 Å². The zero-order valence-electron chi connectivity index (χ0n) is 7.52. The highest BCUT2D eigenvalue weighted by Gasteiger charge is 1.89. The van der Waals surface area contributed by atoms with Crippen molar-refractivity contribution in [1.29, 1.82) is 0 Å². The van der Waals surface area contributed by atoms with Crippen molar-refractivity contribution >= 4 is 0 Å². The minimum atomic E-state index is 0. The van der Waals surface area contributed by atoms with E-state index < -0.39 is 0 Å². The summed E-state index contributed by atoms with van der Waals surface area (Å²) >= 11 is 0. The van der Waals surface area contributed by atoms with Crippen molar-refractivity contribution in [3.8, 4) is 0 Å². The molecule has 0 amide bonds. The minimum Gasteiger partial charge on any atom is -0.412 e. The largest absolute Gasteiger partial charge is 0.412 e. The monoisotopic (exact) mass is 151 g/mol. The number of aliphatic hydroxyl groups excluding tert-OH is 1. The molecule has 0 atom stereocenters. The van der Waals surface area contributed by atoms with Crippen LogP contribution in [-0.4, -0.2) is 42.2 Å². The van der Waals surface area contributed by atoms with Gasteiger partial charge in [0.25, 0.3) is 0 Å². The summed E-state index contributed by atoms with van der Waals surface area (Å²) in [5.41, 5.74) is 0. The Morgan fingerprint density at radius 2 is 1.10 bits per heavy atom. The van der Waals surface area contributed by atoms with Gasteiger partial charge in [-0.15, -0.1) is 0 Å². The molecule has 0 saturated heterocycles. The maximum atomic E-state index is 7.00. The molecule has 0 aromatic heterocycles. The van der Waals surface area contributed by atoms with Crippen molar-refractivity contribution in [2.45, 2.75) is 20.8 Å². The molecule has 0 aliphatic rings. The molecular formula is C7H21NO2. The number of nitrogens with zero attached hydrogens (tertiary/aromatic N) is 1. The van der Waals surface area contributed by atoms with Gasteiger partial charge in [-0.25, -0.2) is 0 Å². The molecule has 0 bridgehead atoms. The molecule has 0 saturated carbocycles. The van der Waals surface area contributed by atoms with Crippen LogP contribution in [0.25, 0.3) is 0 Å². The summed E-state index contributed by atoms with van der Waals surface area (Å²) in [6.07, 6.45) is 0. The molecule has 66 valence electrons. The summed E-state index contributed by atoms with van der Waals surface area (Å²) in [5, 5.41) is 7.00. The fourth-order valence-electron chi connectivity index (χ4n) is 0.671. The maximum absolute atomic E-state index is 7.00. The van der Waals surface area contributed by atoms with Gasteiger partial charge in [0.05, 0.1) is 0 Å². The van der Waals surface area contributed by atoms with Crippen LogP contribution in [0.15, 0.2) is 0 Å². The normalized spacial score (nSPS) is 7.80. The Kier molecular flexibility index (Phi) is 26.2. The van der Waals surface area contributed by atoms with Crippen LogP contribution in [0.3, 0.4) is 0 Å². The molecular weight excluding hydrogens is 130 g/mol. The minimum absolute atomic E-state index is 0. The lowest BCUT2D eigenvalue weighted by molar-refractivity contribution is 0.321. The molecule has 0 spiro atoms. The van der Waals surface area contributed by atoms with E-state index in [1.54, 1.807) is 0 Å². The van der Waals surface area contributed by atoms with Crippen LogP contribution < -0.4 is 0 Å². The van der Waals surface area contributed by atoms with Gasteiger partial charge in [-0.1, -0.05) is 20.8 Å². The zero-order valence-corrected chi connectivity index (χ0v) is 7.52. The molecule has 0 unspecified atom stereocenters. The third kappa shape index (κ3) is 10.8. The summed E-state index contributed by atoms with van der Waals surface area (Å²) in [6.45, 7) is 10.1. The van der Waals surface area contributed by atoms with Gasteiger partial charge in [0.1, 0.15) is 0 Å². The second kappa shape index (κ2) is 15.9. The lowest BCUT2D eigenvalue weighted by atomic mass is 10.5. The average Bonchev–Trinajstić information content (AvgIpc) is 1.96. The van der Waals surface area contributed by atoms with Crippen LogP contribution in [-0.2, 0) is 0 Å². The molecule has 0 aliphatic heterocycles. The lowest BCUT2D eigenvalue weighted by Crippen LogP contribution is -2.21. The Hall–Kier alpha value is -0.120. The van der Waals surface area contributed by atoms with Crippen LogP contribution in [0.5, 0.6) is 0 Å². The number of hydrogen-bond acceptors (Lipinski definition) is 2. The van der Waals surface area contributed by atoms with E-state index in [4.69, 9.17) is 5.11 Å². The molecule has 0 fully saturated rings. The summed E-state index contributed by atoms with van der Waals surface area (Å²) in [6, 6.07) is 0. The molecule has 10 heavy (non-hydrogen) atoms. The maximum Gasteiger partial charge on any atom is 0.0319 e. The van der Waals surface area contributed by atoms with Gasteiger partial charge in [0.15, 0.2) is 0 Å². The lowest BCUT2D eigenvalue weighted by Gasteiger charge is -2.13. The highest BCUT2D eigenvalue weighted by Crippen LogP contribution is 1.81. The third-order valence-corrected chi connectivity index (χ3v) is 1.34. The Morgan fingerprint density at radius 1 is 0.900 bits per heavy atom. The molecule has 3 nitrogen and oxygen atoms in total. The highest BCUT2D eigenvalue weighted by molar-refractivity contribution is 4.43. The molecule has 0 heterocycles. The molecule has 3 N–H and O–H groups in total. The van der Waals surface area contributed by atoms with E-state index in [-0.39, 0.29) is 5.48 Å². The van der Waals surface area contributed by atoms with Crippen LogP contribution in [0.1, 0.15) is 20.8 Å². The van der Waals surface area contributed by atoms with Crippen molar-refractivity contribution in [3.63, 3.8) is 0 Å². The van der Waals surface area contributed by atoms with Gasteiger partial charge in [-0.05, 0) is 19.6 Å². The van der Waals surface area contributed by atoms with Gasteiger partial charge in [-0.2, -0.15) is 0 Å². The summed E-state index contributed by atoms with van der Waals surface area (Å²) in [7, 11) is 1.00. The van der Waals surface area contributed by atoms with Gasteiger partial charge >= 0.3 is 0 Å². The number of aliphatic hydroxyl groups is 1. The third-order valence-electron chi connectivity index (χ3n) is 1.34. The first-order valence-corrected chi connectivity index (χ1v) is 3.52. The Balaban J connectivity index is -0.000000149. The smallest absolute Gasteiger partial charge is 0.0319 e. The second-order valence-electron chi connectivity index (χ2n) is 1.62. The predicted molar refractivity (Wildman–Crippen MR) is 45.2 cm³/mol. The molecule has 0 aromatic carbocycles.